The van der Waals surface area contributed by atoms with Gasteiger partial charge in [0, 0.05) is 42.1 Å². The van der Waals surface area contributed by atoms with Gasteiger partial charge >= 0.3 is 5.97 Å². The molecule has 5 rings (SSSR count). The quantitative estimate of drug-likeness (QED) is 0.303. The van der Waals surface area contributed by atoms with Crippen LogP contribution in [0, 0.1) is 0 Å². The molecule has 3 N–H and O–H groups in total. The zero-order chi connectivity index (χ0) is 26.3. The summed E-state index contributed by atoms with van der Waals surface area (Å²) in [6, 6.07) is 19.7. The van der Waals surface area contributed by atoms with Crippen molar-refractivity contribution in [2.75, 3.05) is 18.1 Å². The molecule has 0 fully saturated rings. The van der Waals surface area contributed by atoms with Crippen LogP contribution in [0.1, 0.15) is 21.6 Å². The van der Waals surface area contributed by atoms with Gasteiger partial charge in [0.05, 0.1) is 17.3 Å². The Labute approximate surface area is 218 Å². The molecule has 186 valence electrons. The van der Waals surface area contributed by atoms with Crippen molar-refractivity contribution in [2.45, 2.75) is 0 Å². The highest BCUT2D eigenvalue weighted by Gasteiger charge is 2.33. The third kappa shape index (κ3) is 4.39. The number of hydrogen-bond donors (Lipinski definition) is 3. The minimum atomic E-state index is -1.06. The van der Waals surface area contributed by atoms with Crippen LogP contribution in [0.2, 0.25) is 5.02 Å². The number of anilines is 1. The number of aromatic nitrogens is 1. The lowest BCUT2D eigenvalue weighted by Crippen LogP contribution is -2.29. The molecule has 0 saturated carbocycles. The Morgan fingerprint density at radius 2 is 1.65 bits per heavy atom. The number of phenolic OH excluding ortho intramolecular Hbond substituents is 1. The molecule has 1 aliphatic heterocycles. The summed E-state index contributed by atoms with van der Waals surface area (Å²) in [7, 11) is 1.63. The van der Waals surface area contributed by atoms with Gasteiger partial charge in [-0.3, -0.25) is 4.79 Å². The zero-order valence-electron chi connectivity index (χ0n) is 19.9. The van der Waals surface area contributed by atoms with E-state index in [0.717, 1.165) is 11.1 Å². The number of benzene rings is 3. The number of amides is 1. The molecule has 2 heterocycles. The Morgan fingerprint density at radius 1 is 0.973 bits per heavy atom. The SMILES string of the molecule is Cn1cc(C=C2C(=O)N(CCO)c3cc(Cl)c(-c4ccc(-c5ccccc5O)cc4)cc32)cc1C(=O)O. The summed E-state index contributed by atoms with van der Waals surface area (Å²) >= 11 is 6.68. The standard InChI is InChI=1S/C29H23ClN2O5/c1-31-16-17(13-26(31)29(36)37)12-23-22-14-21(24(30)15-25(22)32(10-11-33)28(23)35)19-8-6-18(7-9-19)20-4-2-3-5-27(20)34/h2-9,12-16,33-34H,10-11H2,1H3,(H,36,37). The fraction of sp³-hybridized carbons (Fsp3) is 0.103. The number of aromatic carboxylic acids is 1. The number of carbonyl (C=O) groups excluding carboxylic acids is 1. The van der Waals surface area contributed by atoms with E-state index < -0.39 is 5.97 Å². The maximum absolute atomic E-state index is 13.3. The summed E-state index contributed by atoms with van der Waals surface area (Å²) in [6.45, 7) is -0.122. The van der Waals surface area contributed by atoms with Crippen LogP contribution in [0.3, 0.4) is 0 Å². The molecule has 0 aliphatic carbocycles. The van der Waals surface area contributed by atoms with Crippen molar-refractivity contribution in [3.8, 4) is 28.0 Å². The molecule has 0 bridgehead atoms. The van der Waals surface area contributed by atoms with Crippen molar-refractivity contribution in [2.24, 2.45) is 7.05 Å². The predicted molar refractivity (Wildman–Crippen MR) is 144 cm³/mol. The van der Waals surface area contributed by atoms with Gasteiger partial charge in [-0.1, -0.05) is 54.1 Å². The molecule has 7 nitrogen and oxygen atoms in total. The summed E-state index contributed by atoms with van der Waals surface area (Å²) in [6.07, 6.45) is 3.30. The van der Waals surface area contributed by atoms with Crippen molar-refractivity contribution >= 4 is 40.8 Å². The maximum Gasteiger partial charge on any atom is 0.352 e. The van der Waals surface area contributed by atoms with Crippen LogP contribution in [0.25, 0.3) is 33.9 Å². The molecule has 4 aromatic rings. The molecule has 0 saturated heterocycles. The van der Waals surface area contributed by atoms with Gasteiger partial charge in [0.15, 0.2) is 0 Å². The highest BCUT2D eigenvalue weighted by molar-refractivity contribution is 6.38. The highest BCUT2D eigenvalue weighted by atomic mass is 35.5. The molecular weight excluding hydrogens is 492 g/mol. The van der Waals surface area contributed by atoms with Gasteiger partial charge in [0.25, 0.3) is 5.91 Å². The van der Waals surface area contributed by atoms with E-state index in [4.69, 9.17) is 11.6 Å². The molecule has 8 heteroatoms. The van der Waals surface area contributed by atoms with Gasteiger partial charge in [0.2, 0.25) is 0 Å². The first-order valence-electron chi connectivity index (χ1n) is 11.5. The largest absolute Gasteiger partial charge is 0.507 e. The number of nitrogens with zero attached hydrogens (tertiary/aromatic N) is 2. The van der Waals surface area contributed by atoms with Gasteiger partial charge in [-0.2, -0.15) is 0 Å². The number of carboxylic acids is 1. The number of para-hydroxylation sites is 1. The van der Waals surface area contributed by atoms with Crippen molar-refractivity contribution in [3.05, 3.63) is 94.8 Å². The fourth-order valence-corrected chi connectivity index (χ4v) is 4.92. The number of halogens is 1. The molecule has 3 aromatic carbocycles. The number of phenols is 1. The number of carboxylic acid groups (broad SMARTS) is 1. The Morgan fingerprint density at radius 3 is 2.27 bits per heavy atom. The summed E-state index contributed by atoms with van der Waals surface area (Å²) < 4.78 is 1.49. The van der Waals surface area contributed by atoms with E-state index in [1.807, 2.05) is 42.5 Å². The van der Waals surface area contributed by atoms with E-state index in [9.17, 15) is 24.9 Å². The van der Waals surface area contributed by atoms with E-state index in [2.05, 4.69) is 0 Å². The second-order valence-electron chi connectivity index (χ2n) is 8.76. The van der Waals surface area contributed by atoms with Crippen LogP contribution in [0.5, 0.6) is 5.75 Å². The van der Waals surface area contributed by atoms with Crippen LogP contribution < -0.4 is 4.90 Å². The van der Waals surface area contributed by atoms with Gasteiger partial charge < -0.3 is 24.8 Å². The second kappa shape index (κ2) is 9.61. The minimum Gasteiger partial charge on any atom is -0.507 e. The molecule has 0 atom stereocenters. The minimum absolute atomic E-state index is 0.100. The second-order valence-corrected chi connectivity index (χ2v) is 9.16. The third-order valence-corrected chi connectivity index (χ3v) is 6.75. The van der Waals surface area contributed by atoms with E-state index in [0.29, 0.717) is 38.5 Å². The summed E-state index contributed by atoms with van der Waals surface area (Å²) in [5.41, 5.74) is 5.39. The van der Waals surface area contributed by atoms with Crippen molar-refractivity contribution in [1.29, 1.82) is 0 Å². The number of fused-ring (bicyclic) bond motifs is 1. The topological polar surface area (TPSA) is 103 Å². The number of aliphatic hydroxyl groups is 1. The Hall–Kier alpha value is -4.33. The molecule has 37 heavy (non-hydrogen) atoms. The molecule has 0 spiro atoms. The van der Waals surface area contributed by atoms with Crippen molar-refractivity contribution in [3.63, 3.8) is 0 Å². The Kier molecular flexibility index (Phi) is 6.33. The number of aliphatic hydroxyl groups excluding tert-OH is 1. The Balaban J connectivity index is 1.60. The first-order chi connectivity index (χ1) is 17.8. The van der Waals surface area contributed by atoms with Crippen LogP contribution in [-0.2, 0) is 11.8 Å². The number of rotatable bonds is 6. The number of β-amino-alcohol motifs (C(OH)–C–C–N with tert-alkyl or cyclic N) is 1. The molecule has 0 radical (unpaired) electrons. The third-order valence-electron chi connectivity index (χ3n) is 6.43. The van der Waals surface area contributed by atoms with Crippen LogP contribution in [-0.4, -0.2) is 44.9 Å². The van der Waals surface area contributed by atoms with Crippen molar-refractivity contribution < 1.29 is 24.9 Å². The lowest BCUT2D eigenvalue weighted by atomic mass is 9.96. The van der Waals surface area contributed by atoms with Gasteiger partial charge in [-0.25, -0.2) is 4.79 Å². The molecule has 1 aliphatic rings. The molecule has 0 unspecified atom stereocenters. The normalized spacial score (nSPS) is 13.9. The average Bonchev–Trinajstić information content (AvgIpc) is 3.37. The maximum atomic E-state index is 13.3. The van der Waals surface area contributed by atoms with Crippen LogP contribution in [0.15, 0.2) is 72.9 Å². The first kappa shape index (κ1) is 24.4. The lowest BCUT2D eigenvalue weighted by Gasteiger charge is -2.16. The fourth-order valence-electron chi connectivity index (χ4n) is 4.65. The summed E-state index contributed by atoms with van der Waals surface area (Å²) in [5.74, 6) is -1.17. The van der Waals surface area contributed by atoms with E-state index in [1.54, 1.807) is 37.5 Å². The van der Waals surface area contributed by atoms with Gasteiger partial charge in [-0.15, -0.1) is 0 Å². The lowest BCUT2D eigenvalue weighted by molar-refractivity contribution is -0.113. The van der Waals surface area contributed by atoms with Crippen molar-refractivity contribution in [1.82, 2.24) is 4.57 Å². The molecule has 1 aromatic heterocycles. The van der Waals surface area contributed by atoms with E-state index in [-0.39, 0.29) is 30.5 Å². The molecular formula is C29H23ClN2O5. The highest BCUT2D eigenvalue weighted by Crippen LogP contribution is 2.44. The number of aromatic hydroxyl groups is 1. The monoisotopic (exact) mass is 514 g/mol. The predicted octanol–water partition coefficient (Wildman–Crippen LogP) is 5.30. The number of carbonyl (C=O) groups is 2. The van der Waals surface area contributed by atoms with Gasteiger partial charge in [-0.05, 0) is 47.0 Å². The summed E-state index contributed by atoms with van der Waals surface area (Å²) in [4.78, 5) is 26.3. The Bertz CT molecular complexity index is 1570. The number of aryl methyl sites for hydroxylation is 1. The number of hydrogen-bond acceptors (Lipinski definition) is 4. The molecule has 1 amide bonds. The first-order valence-corrected chi connectivity index (χ1v) is 11.9. The van der Waals surface area contributed by atoms with Crippen LogP contribution >= 0.6 is 11.6 Å². The average molecular weight is 515 g/mol. The van der Waals surface area contributed by atoms with Gasteiger partial charge in [0.1, 0.15) is 11.4 Å². The van der Waals surface area contributed by atoms with E-state index in [1.165, 1.54) is 15.5 Å². The van der Waals surface area contributed by atoms with Crippen LogP contribution in [0.4, 0.5) is 5.69 Å². The van der Waals surface area contributed by atoms with E-state index >= 15 is 0 Å². The smallest absolute Gasteiger partial charge is 0.352 e. The summed E-state index contributed by atoms with van der Waals surface area (Å²) in [5, 5.41) is 29.6. The zero-order valence-corrected chi connectivity index (χ0v) is 20.6.